The molecule has 7 heteroatoms. The number of benzene rings is 2. The number of aliphatic hydroxyl groups excluding tert-OH is 3. The average molecular weight is 493 g/mol. The van der Waals surface area contributed by atoms with E-state index in [1.807, 2.05) is 65.2 Å². The smallest absolute Gasteiger partial charge is 0.303 e. The lowest BCUT2D eigenvalue weighted by atomic mass is 10.0. The Morgan fingerprint density at radius 1 is 0.944 bits per heavy atom. The Kier molecular flexibility index (Phi) is 10.4. The van der Waals surface area contributed by atoms with Gasteiger partial charge in [-0.3, -0.25) is 9.36 Å². The van der Waals surface area contributed by atoms with Crippen molar-refractivity contribution in [3.8, 4) is 17.1 Å². The minimum Gasteiger partial charge on any atom is -0.481 e. The number of aliphatic hydroxyl groups is 3. The Balaban J connectivity index is 2.04. The van der Waals surface area contributed by atoms with E-state index in [9.17, 15) is 20.1 Å². The molecule has 0 aliphatic rings. The Morgan fingerprint density at radius 3 is 2.25 bits per heavy atom. The largest absolute Gasteiger partial charge is 0.481 e. The molecule has 0 aliphatic heterocycles. The number of rotatable bonds is 14. The molecule has 0 spiro atoms. The number of hydrogen-bond donors (Lipinski definition) is 4. The summed E-state index contributed by atoms with van der Waals surface area (Å²) in [5.41, 5.74) is 2.88. The van der Waals surface area contributed by atoms with Gasteiger partial charge < -0.3 is 20.4 Å². The molecule has 0 saturated heterocycles. The number of nitrogens with zero attached hydrogens (tertiary/aromatic N) is 2. The lowest BCUT2D eigenvalue weighted by molar-refractivity contribution is -0.137. The zero-order valence-electron chi connectivity index (χ0n) is 20.7. The number of carbonyl (C=O) groups is 1. The van der Waals surface area contributed by atoms with E-state index in [1.54, 1.807) is 6.08 Å². The molecule has 1 aromatic heterocycles. The summed E-state index contributed by atoms with van der Waals surface area (Å²) in [6, 6.07) is 19.4. The van der Waals surface area contributed by atoms with E-state index >= 15 is 0 Å². The predicted octanol–water partition coefficient (Wildman–Crippen LogP) is 5.14. The van der Waals surface area contributed by atoms with Crippen molar-refractivity contribution in [2.75, 3.05) is 0 Å². The Bertz CT molecular complexity index is 1110. The van der Waals surface area contributed by atoms with Crippen molar-refractivity contribution in [3.63, 3.8) is 0 Å². The highest BCUT2D eigenvalue weighted by Gasteiger charge is 2.23. The van der Waals surface area contributed by atoms with E-state index in [-0.39, 0.29) is 19.3 Å². The van der Waals surface area contributed by atoms with Crippen LogP contribution in [0.5, 0.6) is 0 Å². The van der Waals surface area contributed by atoms with Gasteiger partial charge in [-0.15, -0.1) is 0 Å². The van der Waals surface area contributed by atoms with E-state index in [0.29, 0.717) is 23.6 Å². The van der Waals surface area contributed by atoms with Crippen molar-refractivity contribution in [3.05, 3.63) is 78.1 Å². The molecule has 3 aromatic rings. The minimum atomic E-state index is -1.19. The first-order valence-electron chi connectivity index (χ1n) is 12.6. The lowest BCUT2D eigenvalue weighted by Gasteiger charge is -2.15. The van der Waals surface area contributed by atoms with Crippen molar-refractivity contribution in [2.45, 2.75) is 70.2 Å². The summed E-state index contributed by atoms with van der Waals surface area (Å²) in [4.78, 5) is 15.6. The first-order valence-corrected chi connectivity index (χ1v) is 12.6. The van der Waals surface area contributed by atoms with Gasteiger partial charge in [0.1, 0.15) is 5.82 Å². The third kappa shape index (κ3) is 7.37. The van der Waals surface area contributed by atoms with Crippen LogP contribution in [-0.4, -0.2) is 48.2 Å². The highest BCUT2D eigenvalue weighted by atomic mass is 16.4. The summed E-state index contributed by atoms with van der Waals surface area (Å²) in [5, 5.41) is 40.8. The fourth-order valence-corrected chi connectivity index (χ4v) is 4.15. The summed E-state index contributed by atoms with van der Waals surface area (Å²) in [5.74, 6) is -0.267. The van der Waals surface area contributed by atoms with Crippen LogP contribution in [0.4, 0.5) is 0 Å². The normalized spacial score (nSPS) is 14.1. The molecular formula is C29H36N2O5. The third-order valence-electron chi connectivity index (χ3n) is 6.12. The van der Waals surface area contributed by atoms with Crippen molar-refractivity contribution in [2.24, 2.45) is 0 Å². The van der Waals surface area contributed by atoms with Crippen molar-refractivity contribution in [1.29, 1.82) is 0 Å². The van der Waals surface area contributed by atoms with Gasteiger partial charge in [0.15, 0.2) is 0 Å². The summed E-state index contributed by atoms with van der Waals surface area (Å²) < 4.78 is 1.95. The summed E-state index contributed by atoms with van der Waals surface area (Å²) in [6.07, 6.45) is 3.94. The molecule has 192 valence electrons. The number of hydrogen-bond acceptors (Lipinski definition) is 5. The average Bonchev–Trinajstić information content (AvgIpc) is 3.27. The van der Waals surface area contributed by atoms with E-state index in [2.05, 4.69) is 6.92 Å². The van der Waals surface area contributed by atoms with E-state index in [0.717, 1.165) is 30.5 Å². The summed E-state index contributed by atoms with van der Waals surface area (Å²) in [6.45, 7) is 2.11. The minimum absolute atomic E-state index is 0.0667. The number of para-hydroxylation sites is 1. The fourth-order valence-electron chi connectivity index (χ4n) is 4.15. The maximum absolute atomic E-state index is 11.1. The van der Waals surface area contributed by atoms with Crippen molar-refractivity contribution >= 4 is 12.0 Å². The van der Waals surface area contributed by atoms with Gasteiger partial charge in [-0.1, -0.05) is 80.8 Å². The van der Waals surface area contributed by atoms with Gasteiger partial charge in [-0.2, -0.15) is 0 Å². The van der Waals surface area contributed by atoms with Gasteiger partial charge in [0.05, 0.1) is 29.7 Å². The molecule has 0 aliphatic carbocycles. The fraction of sp³-hybridized carbons (Fsp3) is 0.379. The van der Waals surface area contributed by atoms with Crippen LogP contribution >= 0.6 is 0 Å². The van der Waals surface area contributed by atoms with Crippen LogP contribution in [0.1, 0.15) is 69.4 Å². The molecule has 36 heavy (non-hydrogen) atoms. The maximum atomic E-state index is 11.1. The van der Waals surface area contributed by atoms with Crippen LogP contribution in [0, 0.1) is 0 Å². The van der Waals surface area contributed by atoms with E-state index in [1.165, 1.54) is 6.08 Å². The molecule has 7 nitrogen and oxygen atoms in total. The Hall–Kier alpha value is -3.26. The van der Waals surface area contributed by atoms with Gasteiger partial charge >= 0.3 is 5.97 Å². The molecule has 1 heterocycles. The predicted molar refractivity (Wildman–Crippen MR) is 141 cm³/mol. The van der Waals surface area contributed by atoms with Gasteiger partial charge in [0.25, 0.3) is 0 Å². The molecule has 4 N–H and O–H groups in total. The summed E-state index contributed by atoms with van der Waals surface area (Å²) >= 11 is 0. The number of aliphatic carboxylic acids is 1. The van der Waals surface area contributed by atoms with Crippen LogP contribution in [0.15, 0.2) is 66.7 Å². The third-order valence-corrected chi connectivity index (χ3v) is 6.12. The standard InChI is InChI=1S/C29H36N2O5/c1-2-3-6-16-26(34)28-23(19-20-25(33)24(32)17-11-18-27(35)36)31(22-14-9-5-10-15-22)29(30-28)21-12-7-4-8-13-21/h4-5,7-10,12-15,19-20,24-26,32-34H,2-3,6,11,16-18H2,1H3,(H,35,36)/b20-19+/t24-,25+,26-/m0/s1. The second kappa shape index (κ2) is 13.7. The Morgan fingerprint density at radius 2 is 1.61 bits per heavy atom. The molecule has 3 atom stereocenters. The molecule has 0 unspecified atom stereocenters. The Labute approximate surface area is 212 Å². The number of carboxylic acids is 1. The maximum Gasteiger partial charge on any atom is 0.303 e. The zero-order chi connectivity index (χ0) is 25.9. The van der Waals surface area contributed by atoms with Crippen LogP contribution in [0.3, 0.4) is 0 Å². The molecule has 0 saturated carbocycles. The molecule has 0 bridgehead atoms. The molecule has 0 amide bonds. The monoisotopic (exact) mass is 492 g/mol. The van der Waals surface area contributed by atoms with Gasteiger partial charge in [0, 0.05) is 17.7 Å². The van der Waals surface area contributed by atoms with Crippen LogP contribution in [0.2, 0.25) is 0 Å². The van der Waals surface area contributed by atoms with Crippen LogP contribution in [0.25, 0.3) is 23.2 Å². The number of unbranched alkanes of at least 4 members (excludes halogenated alkanes) is 2. The van der Waals surface area contributed by atoms with Crippen molar-refractivity contribution < 1.29 is 25.2 Å². The van der Waals surface area contributed by atoms with Crippen molar-refractivity contribution in [1.82, 2.24) is 9.55 Å². The molecule has 3 rings (SSSR count). The molecule has 0 fully saturated rings. The van der Waals surface area contributed by atoms with Gasteiger partial charge in [-0.25, -0.2) is 4.98 Å². The number of aromatic nitrogens is 2. The number of imidazole rings is 1. The van der Waals surface area contributed by atoms with E-state index < -0.39 is 24.3 Å². The quantitative estimate of drug-likeness (QED) is 0.232. The first-order chi connectivity index (χ1) is 17.4. The zero-order valence-corrected chi connectivity index (χ0v) is 20.7. The number of carboxylic acid groups (broad SMARTS) is 1. The second-order valence-electron chi connectivity index (χ2n) is 8.96. The second-order valence-corrected chi connectivity index (χ2v) is 8.96. The SMILES string of the molecule is CCCCC[C@H](O)c1nc(-c2ccccc2)n(-c2ccccc2)c1/C=C/[C@@H](O)[C@@H](O)CCCC(=O)O. The van der Waals surface area contributed by atoms with Crippen LogP contribution in [-0.2, 0) is 4.79 Å². The summed E-state index contributed by atoms with van der Waals surface area (Å²) in [7, 11) is 0. The molecular weight excluding hydrogens is 456 g/mol. The molecule has 2 aromatic carbocycles. The topological polar surface area (TPSA) is 116 Å². The van der Waals surface area contributed by atoms with E-state index in [4.69, 9.17) is 10.1 Å². The lowest BCUT2D eigenvalue weighted by Crippen LogP contribution is -2.23. The molecule has 0 radical (unpaired) electrons. The van der Waals surface area contributed by atoms with Crippen LogP contribution < -0.4 is 0 Å². The highest BCUT2D eigenvalue weighted by Crippen LogP contribution is 2.32. The first kappa shape index (κ1) is 27.3. The van der Waals surface area contributed by atoms with Gasteiger partial charge in [-0.05, 0) is 37.5 Å². The van der Waals surface area contributed by atoms with Gasteiger partial charge in [0.2, 0.25) is 0 Å². The highest BCUT2D eigenvalue weighted by molar-refractivity contribution is 5.67.